The van der Waals surface area contributed by atoms with Crippen molar-refractivity contribution >= 4 is 23.2 Å². The van der Waals surface area contributed by atoms with E-state index in [1.807, 2.05) is 0 Å². The van der Waals surface area contributed by atoms with Crippen LogP contribution in [-0.2, 0) is 13.0 Å². The number of nitrogens with zero attached hydrogens (tertiary/aromatic N) is 3. The fourth-order valence-corrected chi connectivity index (χ4v) is 3.85. The number of aryl methyl sites for hydroxylation is 1. The van der Waals surface area contributed by atoms with Gasteiger partial charge in [-0.25, -0.2) is 0 Å². The molecular weight excluding hydrogens is 390 g/mol. The molecule has 1 aliphatic rings. The van der Waals surface area contributed by atoms with Crippen molar-refractivity contribution in [2.24, 2.45) is 0 Å². The molecule has 0 bridgehead atoms. The lowest BCUT2D eigenvalue weighted by molar-refractivity contribution is -0.384. The minimum Gasteiger partial charge on any atom is -0.336 e. The van der Waals surface area contributed by atoms with Gasteiger partial charge in [-0.15, -0.1) is 0 Å². The van der Waals surface area contributed by atoms with Crippen molar-refractivity contribution in [3.63, 3.8) is 0 Å². The van der Waals surface area contributed by atoms with Gasteiger partial charge in [-0.1, -0.05) is 49.2 Å². The number of benzene rings is 2. The lowest BCUT2D eigenvalue weighted by Crippen LogP contribution is -2.48. The van der Waals surface area contributed by atoms with E-state index in [1.54, 1.807) is 4.90 Å². The number of non-ortho nitro benzene ring substituents is 1. The number of rotatable bonds is 7. The van der Waals surface area contributed by atoms with Gasteiger partial charge < -0.3 is 4.90 Å². The normalized spacial score (nSPS) is 14.8. The van der Waals surface area contributed by atoms with E-state index in [9.17, 15) is 14.9 Å². The molecule has 154 valence electrons. The second kappa shape index (κ2) is 9.85. The van der Waals surface area contributed by atoms with E-state index in [0.717, 1.165) is 26.1 Å². The molecule has 1 amide bonds. The zero-order chi connectivity index (χ0) is 20.8. The van der Waals surface area contributed by atoms with E-state index in [0.29, 0.717) is 18.7 Å². The summed E-state index contributed by atoms with van der Waals surface area (Å²) in [4.78, 5) is 27.2. The molecule has 0 radical (unpaired) electrons. The van der Waals surface area contributed by atoms with Gasteiger partial charge in [0.25, 0.3) is 11.6 Å². The number of unbranched alkanes of at least 4 members (excludes halogenated alkanes) is 1. The van der Waals surface area contributed by atoms with Crippen LogP contribution in [-0.4, -0.2) is 46.8 Å². The average molecular weight is 416 g/mol. The van der Waals surface area contributed by atoms with Crippen LogP contribution >= 0.6 is 11.6 Å². The Kier molecular flexibility index (Phi) is 7.23. The number of hydrogen-bond donors (Lipinski definition) is 0. The number of amides is 1. The maximum atomic E-state index is 12.8. The number of nitro groups is 1. The topological polar surface area (TPSA) is 66.7 Å². The zero-order valence-corrected chi connectivity index (χ0v) is 17.4. The van der Waals surface area contributed by atoms with Gasteiger partial charge in [0.05, 0.1) is 15.5 Å². The lowest BCUT2D eigenvalue weighted by atomic mass is 10.0. The maximum absolute atomic E-state index is 12.8. The van der Waals surface area contributed by atoms with Crippen LogP contribution in [0.2, 0.25) is 5.02 Å². The summed E-state index contributed by atoms with van der Waals surface area (Å²) in [5.74, 6) is -0.175. The Morgan fingerprint density at radius 3 is 2.48 bits per heavy atom. The lowest BCUT2D eigenvalue weighted by Gasteiger charge is -2.35. The van der Waals surface area contributed by atoms with Gasteiger partial charge in [0, 0.05) is 44.9 Å². The second-order valence-electron chi connectivity index (χ2n) is 7.41. The number of hydrogen-bond acceptors (Lipinski definition) is 4. The fraction of sp³-hybridized carbons (Fsp3) is 0.409. The molecule has 3 rings (SSSR count). The molecule has 2 aromatic rings. The summed E-state index contributed by atoms with van der Waals surface area (Å²) in [5.41, 5.74) is 2.88. The van der Waals surface area contributed by atoms with Gasteiger partial charge in [-0.2, -0.15) is 0 Å². The summed E-state index contributed by atoms with van der Waals surface area (Å²) in [6.45, 7) is 5.88. The van der Waals surface area contributed by atoms with E-state index < -0.39 is 4.92 Å². The second-order valence-corrected chi connectivity index (χ2v) is 7.82. The maximum Gasteiger partial charge on any atom is 0.270 e. The first-order chi connectivity index (χ1) is 14.0. The number of carbonyl (C=O) groups excluding carboxylic acids is 1. The van der Waals surface area contributed by atoms with Crippen molar-refractivity contribution in [1.82, 2.24) is 9.80 Å². The fourth-order valence-electron chi connectivity index (χ4n) is 3.59. The summed E-state index contributed by atoms with van der Waals surface area (Å²) in [6.07, 6.45) is 3.51. The molecule has 6 nitrogen and oxygen atoms in total. The highest BCUT2D eigenvalue weighted by Gasteiger charge is 2.24. The van der Waals surface area contributed by atoms with Crippen molar-refractivity contribution in [1.29, 1.82) is 0 Å². The molecule has 0 atom stereocenters. The van der Waals surface area contributed by atoms with Crippen molar-refractivity contribution < 1.29 is 9.72 Å². The van der Waals surface area contributed by atoms with Crippen molar-refractivity contribution in [2.75, 3.05) is 26.2 Å². The summed E-state index contributed by atoms with van der Waals surface area (Å²) in [6, 6.07) is 12.7. The molecule has 1 heterocycles. The first-order valence-electron chi connectivity index (χ1n) is 10.0. The van der Waals surface area contributed by atoms with E-state index >= 15 is 0 Å². The zero-order valence-electron chi connectivity index (χ0n) is 16.6. The Labute approximate surface area is 176 Å². The van der Waals surface area contributed by atoms with Crippen LogP contribution in [0.4, 0.5) is 5.69 Å². The Morgan fingerprint density at radius 2 is 1.83 bits per heavy atom. The molecule has 29 heavy (non-hydrogen) atoms. The van der Waals surface area contributed by atoms with Crippen LogP contribution < -0.4 is 0 Å². The van der Waals surface area contributed by atoms with E-state index in [-0.39, 0.29) is 16.6 Å². The molecule has 0 aliphatic carbocycles. The quantitative estimate of drug-likeness (QED) is 0.491. The van der Waals surface area contributed by atoms with Crippen LogP contribution in [0, 0.1) is 10.1 Å². The molecule has 1 aliphatic heterocycles. The summed E-state index contributed by atoms with van der Waals surface area (Å²) in [5, 5.41) is 11.0. The van der Waals surface area contributed by atoms with Gasteiger partial charge in [0.2, 0.25) is 0 Å². The number of nitro benzene ring substituents is 1. The average Bonchev–Trinajstić information content (AvgIpc) is 2.72. The predicted molar refractivity (Wildman–Crippen MR) is 114 cm³/mol. The smallest absolute Gasteiger partial charge is 0.270 e. The molecule has 0 N–H and O–H groups in total. The Morgan fingerprint density at radius 1 is 1.10 bits per heavy atom. The van der Waals surface area contributed by atoms with Gasteiger partial charge in [-0.3, -0.25) is 19.8 Å². The highest BCUT2D eigenvalue weighted by molar-refractivity contribution is 6.34. The van der Waals surface area contributed by atoms with Crippen molar-refractivity contribution in [3.05, 3.63) is 74.3 Å². The highest BCUT2D eigenvalue weighted by atomic mass is 35.5. The monoisotopic (exact) mass is 415 g/mol. The number of halogens is 1. The Hall–Kier alpha value is -2.44. The Bertz CT molecular complexity index is 879. The van der Waals surface area contributed by atoms with Crippen molar-refractivity contribution in [2.45, 2.75) is 32.7 Å². The van der Waals surface area contributed by atoms with Crippen LogP contribution in [0.5, 0.6) is 0 Å². The molecule has 1 saturated heterocycles. The molecule has 1 fully saturated rings. The SMILES string of the molecule is CCCCc1cccc(CN2CCN(C(=O)c3ccc([N+](=O)[O-])cc3Cl)CC2)c1. The van der Waals surface area contributed by atoms with Crippen LogP contribution in [0.15, 0.2) is 42.5 Å². The summed E-state index contributed by atoms with van der Waals surface area (Å²) >= 11 is 6.11. The predicted octanol–water partition coefficient (Wildman–Crippen LogP) is 4.55. The van der Waals surface area contributed by atoms with E-state index in [4.69, 9.17) is 11.6 Å². The first-order valence-corrected chi connectivity index (χ1v) is 10.4. The molecule has 2 aromatic carbocycles. The summed E-state index contributed by atoms with van der Waals surface area (Å²) in [7, 11) is 0. The minimum absolute atomic E-state index is 0.113. The third-order valence-corrected chi connectivity index (χ3v) is 5.58. The minimum atomic E-state index is -0.518. The van der Waals surface area contributed by atoms with Crippen LogP contribution in [0.25, 0.3) is 0 Å². The van der Waals surface area contributed by atoms with Gasteiger partial charge in [0.15, 0.2) is 0 Å². The summed E-state index contributed by atoms with van der Waals surface area (Å²) < 4.78 is 0. The van der Waals surface area contributed by atoms with Crippen LogP contribution in [0.1, 0.15) is 41.3 Å². The molecule has 0 aromatic heterocycles. The first kappa shape index (κ1) is 21.3. The van der Waals surface area contributed by atoms with Gasteiger partial charge in [0.1, 0.15) is 0 Å². The standard InChI is InChI=1S/C22H26ClN3O3/c1-2-3-5-17-6-4-7-18(14-17)16-24-10-12-25(13-11-24)22(27)20-9-8-19(26(28)29)15-21(20)23/h4,6-9,14-15H,2-3,5,10-13,16H2,1H3. The van der Waals surface area contributed by atoms with Gasteiger partial charge >= 0.3 is 0 Å². The molecule has 0 unspecified atom stereocenters. The van der Waals surface area contributed by atoms with Gasteiger partial charge in [-0.05, 0) is 30.0 Å². The third-order valence-electron chi connectivity index (χ3n) is 5.27. The highest BCUT2D eigenvalue weighted by Crippen LogP contribution is 2.24. The molecule has 0 spiro atoms. The van der Waals surface area contributed by atoms with Crippen LogP contribution in [0.3, 0.4) is 0 Å². The van der Waals surface area contributed by atoms with E-state index in [2.05, 4.69) is 36.1 Å². The third kappa shape index (κ3) is 5.55. The molecular formula is C22H26ClN3O3. The number of carbonyl (C=O) groups is 1. The number of piperazine rings is 1. The molecule has 7 heteroatoms. The Balaban J connectivity index is 1.56. The molecule has 0 saturated carbocycles. The van der Waals surface area contributed by atoms with Crippen molar-refractivity contribution in [3.8, 4) is 0 Å². The largest absolute Gasteiger partial charge is 0.336 e. The van der Waals surface area contributed by atoms with E-state index in [1.165, 1.54) is 42.2 Å².